The van der Waals surface area contributed by atoms with Crippen LogP contribution in [-0.2, 0) is 14.6 Å². The Morgan fingerprint density at radius 2 is 1.89 bits per heavy atom. The van der Waals surface area contributed by atoms with Gasteiger partial charge in [-0.2, -0.15) is 0 Å². The summed E-state index contributed by atoms with van der Waals surface area (Å²) in [5.41, 5.74) is -0.842. The number of hydrogen-bond donors (Lipinski definition) is 1. The van der Waals surface area contributed by atoms with Gasteiger partial charge in [-0.05, 0) is 12.1 Å². The summed E-state index contributed by atoms with van der Waals surface area (Å²) in [5, 5.41) is 8.53. The Morgan fingerprint density at radius 3 is 2.28 bits per heavy atom. The minimum Gasteiger partial charge on any atom is -0.478 e. The SMILES string of the molecule is COC(=O)c1ccc(S(C)(=O)=O)c(C(=O)O)c1Cl. The van der Waals surface area contributed by atoms with Crippen molar-refractivity contribution in [2.24, 2.45) is 0 Å². The summed E-state index contributed by atoms with van der Waals surface area (Å²) in [6, 6.07) is 2.12. The molecule has 18 heavy (non-hydrogen) atoms. The lowest BCUT2D eigenvalue weighted by molar-refractivity contribution is 0.0601. The molecule has 6 nitrogen and oxygen atoms in total. The van der Waals surface area contributed by atoms with Gasteiger partial charge in [0.1, 0.15) is 0 Å². The number of esters is 1. The number of methoxy groups -OCH3 is 1. The van der Waals surface area contributed by atoms with Crippen molar-refractivity contribution in [1.82, 2.24) is 0 Å². The van der Waals surface area contributed by atoms with Crippen molar-refractivity contribution in [2.75, 3.05) is 13.4 Å². The molecule has 0 radical (unpaired) electrons. The van der Waals surface area contributed by atoms with Crippen molar-refractivity contribution < 1.29 is 27.9 Å². The van der Waals surface area contributed by atoms with Crippen LogP contribution in [0.1, 0.15) is 20.7 Å². The average Bonchev–Trinajstić information content (AvgIpc) is 2.25. The van der Waals surface area contributed by atoms with Crippen molar-refractivity contribution in [3.8, 4) is 0 Å². The number of carboxylic acid groups (broad SMARTS) is 1. The van der Waals surface area contributed by atoms with Gasteiger partial charge in [-0.3, -0.25) is 0 Å². The number of carbonyl (C=O) groups is 2. The van der Waals surface area contributed by atoms with Crippen LogP contribution in [0.5, 0.6) is 0 Å². The van der Waals surface area contributed by atoms with E-state index in [1.165, 1.54) is 0 Å². The molecule has 98 valence electrons. The molecule has 0 fully saturated rings. The van der Waals surface area contributed by atoms with E-state index in [-0.39, 0.29) is 5.56 Å². The molecule has 0 atom stereocenters. The van der Waals surface area contributed by atoms with Crippen molar-refractivity contribution in [1.29, 1.82) is 0 Å². The number of rotatable bonds is 3. The molecular weight excluding hydrogens is 284 g/mol. The summed E-state index contributed by atoms with van der Waals surface area (Å²) < 4.78 is 27.3. The third-order valence-electron chi connectivity index (χ3n) is 2.12. The second kappa shape index (κ2) is 4.95. The van der Waals surface area contributed by atoms with Crippen molar-refractivity contribution in [2.45, 2.75) is 4.90 Å². The van der Waals surface area contributed by atoms with Gasteiger partial charge >= 0.3 is 11.9 Å². The topological polar surface area (TPSA) is 97.7 Å². The Morgan fingerprint density at radius 1 is 1.33 bits per heavy atom. The maximum absolute atomic E-state index is 11.4. The summed E-state index contributed by atoms with van der Waals surface area (Å²) in [5.74, 6) is -2.38. The Bertz CT molecular complexity index is 620. The lowest BCUT2D eigenvalue weighted by atomic mass is 10.1. The molecule has 0 aliphatic carbocycles. The van der Waals surface area contributed by atoms with Crippen LogP contribution in [0.2, 0.25) is 5.02 Å². The quantitative estimate of drug-likeness (QED) is 0.841. The summed E-state index contributed by atoms with van der Waals surface area (Å²) >= 11 is 5.74. The van der Waals surface area contributed by atoms with E-state index in [0.717, 1.165) is 25.5 Å². The van der Waals surface area contributed by atoms with Gasteiger partial charge < -0.3 is 9.84 Å². The molecule has 1 aromatic rings. The molecule has 0 aromatic heterocycles. The standard InChI is InChI=1S/C10H9ClO6S/c1-17-10(14)5-3-4-6(18(2,15)16)7(8(5)11)9(12)13/h3-4H,1-2H3,(H,12,13). The van der Waals surface area contributed by atoms with E-state index in [1.54, 1.807) is 0 Å². The number of hydrogen-bond acceptors (Lipinski definition) is 5. The number of carboxylic acids is 1. The fraction of sp³-hybridized carbons (Fsp3) is 0.200. The van der Waals surface area contributed by atoms with Crippen LogP contribution in [0.15, 0.2) is 17.0 Å². The van der Waals surface area contributed by atoms with Crippen LogP contribution in [-0.4, -0.2) is 38.8 Å². The van der Waals surface area contributed by atoms with Gasteiger partial charge in [-0.1, -0.05) is 11.6 Å². The third-order valence-corrected chi connectivity index (χ3v) is 3.65. The molecule has 0 saturated heterocycles. The molecule has 0 amide bonds. The van der Waals surface area contributed by atoms with E-state index < -0.39 is 37.3 Å². The van der Waals surface area contributed by atoms with Crippen LogP contribution in [0, 0.1) is 0 Å². The largest absolute Gasteiger partial charge is 0.478 e. The highest BCUT2D eigenvalue weighted by atomic mass is 35.5. The number of halogens is 1. The monoisotopic (exact) mass is 292 g/mol. The highest BCUT2D eigenvalue weighted by Crippen LogP contribution is 2.28. The zero-order valence-corrected chi connectivity index (χ0v) is 11.0. The minimum atomic E-state index is -3.77. The molecule has 1 rings (SSSR count). The molecule has 1 N–H and O–H groups in total. The van der Waals surface area contributed by atoms with Crippen LogP contribution in [0.4, 0.5) is 0 Å². The van der Waals surface area contributed by atoms with E-state index in [4.69, 9.17) is 16.7 Å². The fourth-order valence-electron chi connectivity index (χ4n) is 1.33. The van der Waals surface area contributed by atoms with Gasteiger partial charge in [0, 0.05) is 6.26 Å². The molecule has 0 aliphatic heterocycles. The molecule has 0 heterocycles. The molecule has 0 bridgehead atoms. The summed E-state index contributed by atoms with van der Waals surface area (Å²) in [6.45, 7) is 0. The van der Waals surface area contributed by atoms with Crippen molar-refractivity contribution in [3.05, 3.63) is 28.3 Å². The van der Waals surface area contributed by atoms with Gasteiger partial charge in [0.05, 0.1) is 28.2 Å². The molecule has 0 unspecified atom stereocenters. The van der Waals surface area contributed by atoms with E-state index >= 15 is 0 Å². The van der Waals surface area contributed by atoms with Crippen LogP contribution in [0.3, 0.4) is 0 Å². The number of benzene rings is 1. The predicted octanol–water partition coefficient (Wildman–Crippen LogP) is 1.23. The Balaban J connectivity index is 3.69. The first-order valence-electron chi connectivity index (χ1n) is 4.54. The average molecular weight is 293 g/mol. The van der Waals surface area contributed by atoms with Crippen LogP contribution >= 0.6 is 11.6 Å². The number of ether oxygens (including phenoxy) is 1. The maximum Gasteiger partial charge on any atom is 0.339 e. The van der Waals surface area contributed by atoms with Gasteiger partial charge in [-0.25, -0.2) is 18.0 Å². The maximum atomic E-state index is 11.4. The van der Waals surface area contributed by atoms with E-state index in [0.29, 0.717) is 0 Å². The lowest BCUT2D eigenvalue weighted by Crippen LogP contribution is -2.12. The molecule has 0 aliphatic rings. The second-order valence-corrected chi connectivity index (χ2v) is 5.73. The number of carbonyl (C=O) groups excluding carboxylic acids is 1. The summed E-state index contributed by atoms with van der Waals surface area (Å²) in [7, 11) is -2.67. The van der Waals surface area contributed by atoms with Gasteiger partial charge in [-0.15, -0.1) is 0 Å². The fourth-order valence-corrected chi connectivity index (χ4v) is 2.59. The Kier molecular flexibility index (Phi) is 3.98. The first-order valence-corrected chi connectivity index (χ1v) is 6.81. The summed E-state index contributed by atoms with van der Waals surface area (Å²) in [6.07, 6.45) is 0.850. The Hall–Kier alpha value is -1.60. The second-order valence-electron chi connectivity index (χ2n) is 3.37. The third kappa shape index (κ3) is 2.62. The highest BCUT2D eigenvalue weighted by Gasteiger charge is 2.26. The van der Waals surface area contributed by atoms with Crippen LogP contribution in [0.25, 0.3) is 0 Å². The number of sulfone groups is 1. The van der Waals surface area contributed by atoms with E-state index in [9.17, 15) is 18.0 Å². The van der Waals surface area contributed by atoms with Gasteiger partial charge in [0.15, 0.2) is 9.84 Å². The minimum absolute atomic E-state index is 0.205. The van der Waals surface area contributed by atoms with Gasteiger partial charge in [0.2, 0.25) is 0 Å². The Labute approximate surface area is 108 Å². The zero-order valence-electron chi connectivity index (χ0n) is 9.43. The van der Waals surface area contributed by atoms with Crippen molar-refractivity contribution in [3.63, 3.8) is 0 Å². The van der Waals surface area contributed by atoms with Crippen LogP contribution < -0.4 is 0 Å². The van der Waals surface area contributed by atoms with Gasteiger partial charge in [0.25, 0.3) is 0 Å². The smallest absolute Gasteiger partial charge is 0.339 e. The van der Waals surface area contributed by atoms with E-state index in [1.807, 2.05) is 0 Å². The highest BCUT2D eigenvalue weighted by molar-refractivity contribution is 7.90. The first-order chi connectivity index (χ1) is 8.20. The molecule has 1 aromatic carbocycles. The van der Waals surface area contributed by atoms with Crippen molar-refractivity contribution >= 4 is 33.4 Å². The summed E-state index contributed by atoms with van der Waals surface area (Å²) in [4.78, 5) is 21.9. The molecule has 0 spiro atoms. The van der Waals surface area contributed by atoms with E-state index in [2.05, 4.69) is 4.74 Å². The normalized spacial score (nSPS) is 11.1. The molecule has 0 saturated carbocycles. The molecule has 8 heteroatoms. The predicted molar refractivity (Wildman–Crippen MR) is 62.9 cm³/mol. The lowest BCUT2D eigenvalue weighted by Gasteiger charge is -2.09. The first kappa shape index (κ1) is 14.5. The molecular formula is C10H9ClO6S. The zero-order chi connectivity index (χ0) is 14.1. The number of aromatic carboxylic acids is 1.